The van der Waals surface area contributed by atoms with Crippen molar-refractivity contribution in [2.45, 2.75) is 64.7 Å². The molecule has 0 atom stereocenters. The molecular formula is C24H30O4. The summed E-state index contributed by atoms with van der Waals surface area (Å²) in [6.45, 7) is 2.20. The molecule has 0 aromatic heterocycles. The molecule has 0 saturated carbocycles. The number of hydrogen-bond acceptors (Lipinski definition) is 2. The summed E-state index contributed by atoms with van der Waals surface area (Å²) in [5, 5.41) is 19.2. The summed E-state index contributed by atoms with van der Waals surface area (Å²) in [6.07, 6.45) is 9.50. The van der Waals surface area contributed by atoms with Crippen molar-refractivity contribution in [3.05, 3.63) is 70.3 Å². The Bertz CT molecular complexity index is 781. The van der Waals surface area contributed by atoms with E-state index < -0.39 is 11.9 Å². The molecule has 0 radical (unpaired) electrons. The van der Waals surface area contributed by atoms with E-state index in [1.807, 2.05) is 30.3 Å². The molecule has 0 fully saturated rings. The molecular weight excluding hydrogens is 352 g/mol. The van der Waals surface area contributed by atoms with Crippen LogP contribution in [0.1, 0.15) is 89.3 Å². The van der Waals surface area contributed by atoms with Gasteiger partial charge in [0.15, 0.2) is 0 Å². The second-order valence-electron chi connectivity index (χ2n) is 7.27. The van der Waals surface area contributed by atoms with E-state index in [-0.39, 0.29) is 11.1 Å². The van der Waals surface area contributed by atoms with Gasteiger partial charge in [0.2, 0.25) is 0 Å². The van der Waals surface area contributed by atoms with E-state index in [1.165, 1.54) is 38.2 Å². The summed E-state index contributed by atoms with van der Waals surface area (Å²) in [6, 6.07) is 12.9. The molecule has 0 amide bonds. The van der Waals surface area contributed by atoms with E-state index in [4.69, 9.17) is 0 Å². The first kappa shape index (κ1) is 21.7. The van der Waals surface area contributed by atoms with Crippen LogP contribution < -0.4 is 0 Å². The lowest BCUT2D eigenvalue weighted by atomic mass is 9.89. The molecule has 0 saturated heterocycles. The Morgan fingerprint density at radius 1 is 0.786 bits per heavy atom. The number of aryl methyl sites for hydroxylation is 1. The van der Waals surface area contributed by atoms with Gasteiger partial charge in [-0.25, -0.2) is 9.59 Å². The van der Waals surface area contributed by atoms with Crippen LogP contribution in [0.4, 0.5) is 0 Å². The van der Waals surface area contributed by atoms with Gasteiger partial charge in [-0.2, -0.15) is 0 Å². The monoisotopic (exact) mass is 382 g/mol. The minimum atomic E-state index is -1.20. The van der Waals surface area contributed by atoms with Crippen LogP contribution in [0.15, 0.2) is 42.5 Å². The van der Waals surface area contributed by atoms with Gasteiger partial charge in [-0.1, -0.05) is 81.8 Å². The number of benzene rings is 2. The highest BCUT2D eigenvalue weighted by Crippen LogP contribution is 2.25. The molecule has 2 N–H and O–H groups in total. The van der Waals surface area contributed by atoms with Crippen molar-refractivity contribution in [2.75, 3.05) is 0 Å². The lowest BCUT2D eigenvalue weighted by Crippen LogP contribution is -2.14. The number of carboxylic acid groups (broad SMARTS) is 2. The second-order valence-corrected chi connectivity index (χ2v) is 7.27. The zero-order valence-corrected chi connectivity index (χ0v) is 16.6. The van der Waals surface area contributed by atoms with Crippen LogP contribution in [0.3, 0.4) is 0 Å². The number of aromatic carboxylic acids is 2. The number of hydrogen-bond donors (Lipinski definition) is 2. The molecule has 0 unspecified atom stereocenters. The van der Waals surface area contributed by atoms with Crippen LogP contribution in [-0.4, -0.2) is 22.2 Å². The number of carboxylic acids is 2. The van der Waals surface area contributed by atoms with Gasteiger partial charge < -0.3 is 10.2 Å². The molecule has 28 heavy (non-hydrogen) atoms. The molecule has 150 valence electrons. The lowest BCUT2D eigenvalue weighted by Gasteiger charge is -2.15. The maximum absolute atomic E-state index is 11.9. The normalized spacial score (nSPS) is 10.8. The summed E-state index contributed by atoms with van der Waals surface area (Å²) >= 11 is 0. The second kappa shape index (κ2) is 11.3. The van der Waals surface area contributed by atoms with Crippen LogP contribution in [0.2, 0.25) is 0 Å². The van der Waals surface area contributed by atoms with E-state index in [2.05, 4.69) is 6.92 Å². The van der Waals surface area contributed by atoms with Crippen molar-refractivity contribution in [2.24, 2.45) is 0 Å². The summed E-state index contributed by atoms with van der Waals surface area (Å²) < 4.78 is 0. The van der Waals surface area contributed by atoms with E-state index >= 15 is 0 Å². The average Bonchev–Trinajstić information content (AvgIpc) is 2.68. The van der Waals surface area contributed by atoms with Crippen molar-refractivity contribution < 1.29 is 19.8 Å². The molecule has 2 rings (SSSR count). The largest absolute Gasteiger partial charge is 0.478 e. The maximum Gasteiger partial charge on any atom is 0.336 e. The van der Waals surface area contributed by atoms with Gasteiger partial charge in [0.05, 0.1) is 11.1 Å². The van der Waals surface area contributed by atoms with Gasteiger partial charge in [-0.3, -0.25) is 0 Å². The highest BCUT2D eigenvalue weighted by atomic mass is 16.4. The average molecular weight is 383 g/mol. The highest BCUT2D eigenvalue weighted by molar-refractivity contribution is 6.03. The summed E-state index contributed by atoms with van der Waals surface area (Å²) in [7, 11) is 0. The fourth-order valence-corrected chi connectivity index (χ4v) is 3.62. The first-order chi connectivity index (χ1) is 13.5. The van der Waals surface area contributed by atoms with Crippen molar-refractivity contribution in [3.8, 4) is 0 Å². The Kier molecular flexibility index (Phi) is 8.73. The third kappa shape index (κ3) is 6.22. The topological polar surface area (TPSA) is 74.6 Å². The van der Waals surface area contributed by atoms with E-state index in [1.54, 1.807) is 6.07 Å². The SMILES string of the molecule is CCCCCCCCCc1ccc(C(=O)O)c(C(=O)O)c1Cc1ccccc1. The van der Waals surface area contributed by atoms with Crippen molar-refractivity contribution in [3.63, 3.8) is 0 Å². The molecule has 0 aliphatic carbocycles. The van der Waals surface area contributed by atoms with Crippen LogP contribution in [-0.2, 0) is 12.8 Å². The Hall–Kier alpha value is -2.62. The Morgan fingerprint density at radius 3 is 2.04 bits per heavy atom. The molecule has 4 heteroatoms. The minimum absolute atomic E-state index is 0.0724. The van der Waals surface area contributed by atoms with Gasteiger partial charge >= 0.3 is 11.9 Å². The van der Waals surface area contributed by atoms with Gasteiger partial charge in [0, 0.05) is 0 Å². The number of carbonyl (C=O) groups is 2. The molecule has 0 aliphatic heterocycles. The van der Waals surface area contributed by atoms with Crippen LogP contribution in [0.5, 0.6) is 0 Å². The molecule has 0 aliphatic rings. The van der Waals surface area contributed by atoms with Gasteiger partial charge in [-0.15, -0.1) is 0 Å². The molecule has 2 aromatic rings. The quantitative estimate of drug-likeness (QED) is 0.444. The van der Waals surface area contributed by atoms with Crippen LogP contribution in [0.25, 0.3) is 0 Å². The highest BCUT2D eigenvalue weighted by Gasteiger charge is 2.22. The molecule has 0 heterocycles. The third-order valence-electron chi connectivity index (χ3n) is 5.13. The summed E-state index contributed by atoms with van der Waals surface area (Å²) in [5.74, 6) is -2.38. The lowest BCUT2D eigenvalue weighted by molar-refractivity contribution is 0.0650. The van der Waals surface area contributed by atoms with Crippen LogP contribution in [0, 0.1) is 0 Å². The van der Waals surface area contributed by atoms with Gasteiger partial charge in [0.25, 0.3) is 0 Å². The number of unbranched alkanes of at least 4 members (excludes halogenated alkanes) is 6. The first-order valence-electron chi connectivity index (χ1n) is 10.2. The maximum atomic E-state index is 11.9. The third-order valence-corrected chi connectivity index (χ3v) is 5.13. The molecule has 0 spiro atoms. The summed E-state index contributed by atoms with van der Waals surface area (Å²) in [5.41, 5.74) is 2.34. The van der Waals surface area contributed by atoms with Gasteiger partial charge in [-0.05, 0) is 42.0 Å². The fraction of sp³-hybridized carbons (Fsp3) is 0.417. The molecule has 4 nitrogen and oxygen atoms in total. The fourth-order valence-electron chi connectivity index (χ4n) is 3.62. The van der Waals surface area contributed by atoms with Gasteiger partial charge in [0.1, 0.15) is 0 Å². The van der Waals surface area contributed by atoms with Crippen molar-refractivity contribution >= 4 is 11.9 Å². The van der Waals surface area contributed by atoms with Crippen molar-refractivity contribution in [1.29, 1.82) is 0 Å². The first-order valence-corrected chi connectivity index (χ1v) is 10.2. The summed E-state index contributed by atoms with van der Waals surface area (Å²) in [4.78, 5) is 23.5. The van der Waals surface area contributed by atoms with E-state index in [0.29, 0.717) is 12.0 Å². The molecule has 2 aromatic carbocycles. The predicted molar refractivity (Wildman–Crippen MR) is 111 cm³/mol. The standard InChI is InChI=1S/C24H30O4/c1-2-3-4-5-6-7-11-14-19-15-16-20(23(25)26)22(24(27)28)21(19)17-18-12-9-8-10-13-18/h8-10,12-13,15-16H,2-7,11,14,17H2,1H3,(H,25,26)(H,27,28). The zero-order valence-electron chi connectivity index (χ0n) is 16.6. The smallest absolute Gasteiger partial charge is 0.336 e. The van der Waals surface area contributed by atoms with E-state index in [9.17, 15) is 19.8 Å². The zero-order chi connectivity index (χ0) is 20.4. The Morgan fingerprint density at radius 2 is 1.43 bits per heavy atom. The van der Waals surface area contributed by atoms with Crippen molar-refractivity contribution in [1.82, 2.24) is 0 Å². The Balaban J connectivity index is 2.22. The number of rotatable bonds is 12. The minimum Gasteiger partial charge on any atom is -0.478 e. The van der Waals surface area contributed by atoms with Crippen LogP contribution >= 0.6 is 0 Å². The van der Waals surface area contributed by atoms with E-state index in [0.717, 1.165) is 30.4 Å². The predicted octanol–water partition coefficient (Wildman–Crippen LogP) is 5.97. The Labute approximate surface area is 167 Å². The molecule has 0 bridgehead atoms.